The van der Waals surface area contributed by atoms with Crippen molar-refractivity contribution in [3.8, 4) is 0 Å². The minimum atomic E-state index is -0.887. The van der Waals surface area contributed by atoms with E-state index in [9.17, 15) is 14.3 Å². The highest BCUT2D eigenvalue weighted by Gasteiger charge is 2.24. The fourth-order valence-electron chi connectivity index (χ4n) is 3.83. The second-order valence-electron chi connectivity index (χ2n) is 6.90. The van der Waals surface area contributed by atoms with E-state index in [0.717, 1.165) is 35.4 Å². The highest BCUT2D eigenvalue weighted by molar-refractivity contribution is 5.91. The lowest BCUT2D eigenvalue weighted by Crippen LogP contribution is -2.26. The van der Waals surface area contributed by atoms with Gasteiger partial charge in [0.2, 0.25) is 0 Å². The lowest BCUT2D eigenvalue weighted by atomic mass is 10.1. The summed E-state index contributed by atoms with van der Waals surface area (Å²) >= 11 is 0. The van der Waals surface area contributed by atoms with E-state index in [0.29, 0.717) is 24.7 Å². The van der Waals surface area contributed by atoms with Gasteiger partial charge in [0, 0.05) is 36.1 Å². The molecule has 3 rings (SSSR count). The van der Waals surface area contributed by atoms with Crippen LogP contribution in [-0.4, -0.2) is 21.7 Å². The highest BCUT2D eigenvalue weighted by atomic mass is 19.1. The van der Waals surface area contributed by atoms with Gasteiger partial charge in [-0.1, -0.05) is 25.0 Å². The second kappa shape index (κ2) is 7.40. The number of aromatic carboxylic acids is 1. The molecule has 134 valence electrons. The number of hydrogen-bond donors (Lipinski definition) is 2. The summed E-state index contributed by atoms with van der Waals surface area (Å²) in [6.07, 6.45) is 4.81. The summed E-state index contributed by atoms with van der Waals surface area (Å²) in [5.41, 5.74) is 3.92. The van der Waals surface area contributed by atoms with Gasteiger partial charge in [0.15, 0.2) is 0 Å². The van der Waals surface area contributed by atoms with Crippen LogP contribution in [0.2, 0.25) is 0 Å². The Morgan fingerprint density at radius 1 is 1.20 bits per heavy atom. The lowest BCUT2D eigenvalue weighted by Gasteiger charge is -2.13. The highest BCUT2D eigenvalue weighted by Crippen LogP contribution is 2.25. The molecule has 2 aromatic rings. The largest absolute Gasteiger partial charge is 0.478 e. The number of halogens is 1. The number of rotatable bonds is 6. The van der Waals surface area contributed by atoms with Crippen molar-refractivity contribution in [2.24, 2.45) is 0 Å². The topological polar surface area (TPSA) is 54.3 Å². The molecule has 1 aliphatic rings. The molecule has 1 heterocycles. The number of carboxylic acids is 1. The molecule has 0 atom stereocenters. The first kappa shape index (κ1) is 17.7. The molecule has 2 N–H and O–H groups in total. The van der Waals surface area contributed by atoms with Gasteiger partial charge in [-0.15, -0.1) is 0 Å². The van der Waals surface area contributed by atoms with Gasteiger partial charge in [0.1, 0.15) is 5.82 Å². The van der Waals surface area contributed by atoms with E-state index in [1.807, 2.05) is 18.4 Å². The minimum Gasteiger partial charge on any atom is -0.478 e. The number of benzene rings is 1. The van der Waals surface area contributed by atoms with Crippen LogP contribution in [-0.2, 0) is 13.1 Å². The second-order valence-corrected chi connectivity index (χ2v) is 6.90. The van der Waals surface area contributed by atoms with Gasteiger partial charge >= 0.3 is 5.97 Å². The van der Waals surface area contributed by atoms with Gasteiger partial charge < -0.3 is 15.0 Å². The quantitative estimate of drug-likeness (QED) is 0.832. The minimum absolute atomic E-state index is 0.266. The summed E-state index contributed by atoms with van der Waals surface area (Å²) in [4.78, 5) is 11.8. The summed E-state index contributed by atoms with van der Waals surface area (Å²) in [6.45, 7) is 4.94. The summed E-state index contributed by atoms with van der Waals surface area (Å²) in [7, 11) is 0. The first-order chi connectivity index (χ1) is 12.0. The first-order valence-corrected chi connectivity index (χ1v) is 8.87. The molecule has 0 spiro atoms. The van der Waals surface area contributed by atoms with Crippen molar-refractivity contribution in [2.75, 3.05) is 0 Å². The van der Waals surface area contributed by atoms with Crippen LogP contribution >= 0.6 is 0 Å². The zero-order valence-corrected chi connectivity index (χ0v) is 14.8. The summed E-state index contributed by atoms with van der Waals surface area (Å²) in [5.74, 6) is -1.15. The molecule has 4 nitrogen and oxygen atoms in total. The van der Waals surface area contributed by atoms with Crippen molar-refractivity contribution in [1.29, 1.82) is 0 Å². The van der Waals surface area contributed by atoms with Crippen LogP contribution < -0.4 is 5.32 Å². The fraction of sp³-hybridized carbons (Fsp3) is 0.450. The molecule has 0 saturated heterocycles. The van der Waals surface area contributed by atoms with Crippen LogP contribution in [0.3, 0.4) is 0 Å². The molecule has 1 aliphatic carbocycles. The normalized spacial score (nSPS) is 15.0. The van der Waals surface area contributed by atoms with Gasteiger partial charge in [0.05, 0.1) is 5.56 Å². The van der Waals surface area contributed by atoms with Crippen LogP contribution in [0.1, 0.15) is 58.6 Å². The van der Waals surface area contributed by atoms with Gasteiger partial charge in [-0.3, -0.25) is 0 Å². The Kier molecular flexibility index (Phi) is 5.23. The number of nitrogens with zero attached hydrogens (tertiary/aromatic N) is 1. The summed E-state index contributed by atoms with van der Waals surface area (Å²) in [6, 6.07) is 6.84. The van der Waals surface area contributed by atoms with Crippen LogP contribution in [0.15, 0.2) is 24.3 Å². The number of nitrogens with one attached hydrogen (secondary N) is 1. The Hall–Kier alpha value is -2.14. The third kappa shape index (κ3) is 3.76. The van der Waals surface area contributed by atoms with Crippen molar-refractivity contribution >= 4 is 5.97 Å². The molecule has 0 unspecified atom stereocenters. The Labute approximate surface area is 147 Å². The van der Waals surface area contributed by atoms with Gasteiger partial charge in [-0.25, -0.2) is 9.18 Å². The van der Waals surface area contributed by atoms with Crippen molar-refractivity contribution in [1.82, 2.24) is 9.88 Å². The Bertz CT molecular complexity index is 759. The molecular weight excluding hydrogens is 319 g/mol. The zero-order chi connectivity index (χ0) is 18.0. The Morgan fingerprint density at radius 2 is 1.84 bits per heavy atom. The van der Waals surface area contributed by atoms with E-state index >= 15 is 0 Å². The maximum absolute atomic E-state index is 13.1. The van der Waals surface area contributed by atoms with E-state index in [1.165, 1.54) is 25.0 Å². The van der Waals surface area contributed by atoms with Gasteiger partial charge in [0.25, 0.3) is 0 Å². The van der Waals surface area contributed by atoms with Crippen LogP contribution in [0.5, 0.6) is 0 Å². The molecule has 1 fully saturated rings. The van der Waals surface area contributed by atoms with E-state index in [2.05, 4.69) is 5.32 Å². The monoisotopic (exact) mass is 344 g/mol. The SMILES string of the molecule is Cc1c(CNC2CCCC2)c(C(=O)O)c(C)n1Cc1ccc(F)cc1. The maximum Gasteiger partial charge on any atom is 0.337 e. The molecule has 25 heavy (non-hydrogen) atoms. The third-order valence-electron chi connectivity index (χ3n) is 5.30. The number of aromatic nitrogens is 1. The first-order valence-electron chi connectivity index (χ1n) is 8.87. The standard InChI is InChI=1S/C20H25FN2O2/c1-13-18(11-22-17-5-3-4-6-17)19(20(24)25)14(2)23(13)12-15-7-9-16(21)10-8-15/h7-10,17,22H,3-6,11-12H2,1-2H3,(H,24,25). The molecule has 5 heteroatoms. The van der Waals surface area contributed by atoms with Crippen LogP contribution in [0, 0.1) is 19.7 Å². The van der Waals surface area contributed by atoms with Crippen molar-refractivity contribution in [3.63, 3.8) is 0 Å². The molecule has 0 radical (unpaired) electrons. The predicted octanol–water partition coefficient (Wildman–Crippen LogP) is 4.02. The Balaban J connectivity index is 1.88. The summed E-state index contributed by atoms with van der Waals surface area (Å²) in [5, 5.41) is 13.2. The predicted molar refractivity (Wildman–Crippen MR) is 95.5 cm³/mol. The average molecular weight is 344 g/mol. The third-order valence-corrected chi connectivity index (χ3v) is 5.30. The van der Waals surface area contributed by atoms with E-state index < -0.39 is 5.97 Å². The van der Waals surface area contributed by atoms with Crippen LogP contribution in [0.25, 0.3) is 0 Å². The number of hydrogen-bond acceptors (Lipinski definition) is 2. The van der Waals surface area contributed by atoms with Crippen LogP contribution in [0.4, 0.5) is 4.39 Å². The lowest BCUT2D eigenvalue weighted by molar-refractivity contribution is 0.0694. The molecule has 0 amide bonds. The van der Waals surface area contributed by atoms with E-state index in [1.54, 1.807) is 12.1 Å². The smallest absolute Gasteiger partial charge is 0.337 e. The van der Waals surface area contributed by atoms with Crippen molar-refractivity contribution in [2.45, 2.75) is 58.7 Å². The van der Waals surface area contributed by atoms with Gasteiger partial charge in [-0.2, -0.15) is 0 Å². The zero-order valence-electron chi connectivity index (χ0n) is 14.8. The molecule has 1 aromatic carbocycles. The fourth-order valence-corrected chi connectivity index (χ4v) is 3.83. The maximum atomic E-state index is 13.1. The van der Waals surface area contributed by atoms with E-state index in [-0.39, 0.29) is 5.82 Å². The van der Waals surface area contributed by atoms with E-state index in [4.69, 9.17) is 0 Å². The average Bonchev–Trinajstić information content (AvgIpc) is 3.17. The van der Waals surface area contributed by atoms with Crippen molar-refractivity contribution in [3.05, 3.63) is 58.2 Å². The summed E-state index contributed by atoms with van der Waals surface area (Å²) < 4.78 is 15.1. The van der Waals surface area contributed by atoms with Crippen molar-refractivity contribution < 1.29 is 14.3 Å². The molecule has 1 aromatic heterocycles. The molecule has 1 saturated carbocycles. The van der Waals surface area contributed by atoms with Gasteiger partial charge in [-0.05, 0) is 44.4 Å². The molecule has 0 bridgehead atoms. The molecule has 0 aliphatic heterocycles. The molecular formula is C20H25FN2O2. The number of carboxylic acid groups (broad SMARTS) is 1. The number of carbonyl (C=O) groups is 1. The Morgan fingerprint density at radius 3 is 2.44 bits per heavy atom.